The van der Waals surface area contributed by atoms with Crippen LogP contribution in [0.15, 0.2) is 47.1 Å². The monoisotopic (exact) mass is 293 g/mol. The van der Waals surface area contributed by atoms with E-state index >= 15 is 0 Å². The topological polar surface area (TPSA) is 68.5 Å². The maximum absolute atomic E-state index is 11.9. The normalized spacial score (nSPS) is 11.7. The van der Waals surface area contributed by atoms with E-state index in [9.17, 15) is 9.59 Å². The summed E-state index contributed by atoms with van der Waals surface area (Å²) in [6, 6.07) is 9.71. The molecule has 0 saturated heterocycles. The summed E-state index contributed by atoms with van der Waals surface area (Å²) in [6.07, 6.45) is 0.402. The molecule has 6 heteroatoms. The number of carbonyl (C=O) groups is 2. The van der Waals surface area contributed by atoms with Crippen LogP contribution in [0.1, 0.15) is 17.5 Å². The van der Waals surface area contributed by atoms with Gasteiger partial charge in [0.05, 0.1) is 6.26 Å². The first-order valence-electron chi connectivity index (χ1n) is 5.87. The summed E-state index contributed by atoms with van der Waals surface area (Å²) < 4.78 is 9.87. The van der Waals surface area contributed by atoms with Crippen LogP contribution in [0.2, 0.25) is 5.02 Å². The average Bonchev–Trinajstić information content (AvgIpc) is 2.92. The van der Waals surface area contributed by atoms with E-state index in [1.165, 1.54) is 19.3 Å². The fraction of sp³-hybridized carbons (Fsp3) is 0.143. The van der Waals surface area contributed by atoms with E-state index in [2.05, 4.69) is 5.32 Å². The molecule has 0 fully saturated rings. The van der Waals surface area contributed by atoms with Crippen LogP contribution >= 0.6 is 11.6 Å². The molecule has 0 aliphatic rings. The van der Waals surface area contributed by atoms with Crippen molar-refractivity contribution in [1.29, 1.82) is 0 Å². The molecule has 2 rings (SSSR count). The van der Waals surface area contributed by atoms with Crippen LogP contribution in [0, 0.1) is 0 Å². The van der Waals surface area contributed by atoms with Gasteiger partial charge in [-0.15, -0.1) is 0 Å². The molecule has 0 saturated carbocycles. The third-order valence-electron chi connectivity index (χ3n) is 2.47. The Kier molecular flexibility index (Phi) is 4.42. The van der Waals surface area contributed by atoms with Gasteiger partial charge in [0.2, 0.25) is 5.76 Å². The van der Waals surface area contributed by atoms with Crippen molar-refractivity contribution >= 4 is 29.2 Å². The molecule has 0 aliphatic carbocycles. The number of rotatable bonds is 4. The number of anilines is 1. The highest BCUT2D eigenvalue weighted by Crippen LogP contribution is 2.15. The van der Waals surface area contributed by atoms with E-state index in [1.807, 2.05) is 0 Å². The third kappa shape index (κ3) is 3.61. The van der Waals surface area contributed by atoms with E-state index in [0.29, 0.717) is 10.7 Å². The second-order valence-electron chi connectivity index (χ2n) is 4.02. The summed E-state index contributed by atoms with van der Waals surface area (Å²) in [6.45, 7) is 1.47. The Balaban J connectivity index is 1.94. The molecule has 20 heavy (non-hydrogen) atoms. The zero-order valence-electron chi connectivity index (χ0n) is 10.6. The Morgan fingerprint density at radius 1 is 1.30 bits per heavy atom. The Morgan fingerprint density at radius 3 is 2.75 bits per heavy atom. The van der Waals surface area contributed by atoms with E-state index in [4.69, 9.17) is 20.8 Å². The number of hydrogen-bond donors (Lipinski definition) is 1. The highest BCUT2D eigenvalue weighted by Gasteiger charge is 2.20. The van der Waals surface area contributed by atoms with Crippen molar-refractivity contribution in [2.45, 2.75) is 13.0 Å². The van der Waals surface area contributed by atoms with Crippen molar-refractivity contribution in [2.75, 3.05) is 5.32 Å². The van der Waals surface area contributed by atoms with Gasteiger partial charge in [-0.2, -0.15) is 0 Å². The van der Waals surface area contributed by atoms with Crippen molar-refractivity contribution in [3.05, 3.63) is 53.4 Å². The fourth-order valence-electron chi connectivity index (χ4n) is 1.48. The van der Waals surface area contributed by atoms with Crippen molar-refractivity contribution in [3.63, 3.8) is 0 Å². The lowest BCUT2D eigenvalue weighted by Crippen LogP contribution is -2.29. The molecule has 0 radical (unpaired) electrons. The SMILES string of the molecule is CC(OC(=O)c1ccco1)C(=O)Nc1cccc(Cl)c1. The predicted octanol–water partition coefficient (Wildman–Crippen LogP) is 3.12. The summed E-state index contributed by atoms with van der Waals surface area (Å²) in [5.74, 6) is -1.09. The minimum absolute atomic E-state index is 0.0485. The van der Waals surface area contributed by atoms with Gasteiger partial charge in [0.15, 0.2) is 6.10 Å². The molecule has 1 unspecified atom stereocenters. The predicted molar refractivity (Wildman–Crippen MR) is 73.7 cm³/mol. The number of amides is 1. The van der Waals surface area contributed by atoms with Crippen molar-refractivity contribution in [2.24, 2.45) is 0 Å². The summed E-state index contributed by atoms with van der Waals surface area (Å²) in [7, 11) is 0. The van der Waals surface area contributed by atoms with Crippen molar-refractivity contribution < 1.29 is 18.7 Å². The number of hydrogen-bond acceptors (Lipinski definition) is 4. The van der Waals surface area contributed by atoms with E-state index < -0.39 is 18.0 Å². The average molecular weight is 294 g/mol. The largest absolute Gasteiger partial charge is 0.457 e. The van der Waals surface area contributed by atoms with E-state index in [1.54, 1.807) is 30.3 Å². The molecule has 1 aromatic heterocycles. The second-order valence-corrected chi connectivity index (χ2v) is 4.46. The lowest BCUT2D eigenvalue weighted by atomic mass is 10.3. The standard InChI is InChI=1S/C14H12ClNO4/c1-9(20-14(18)12-6-3-7-19-12)13(17)16-11-5-2-4-10(15)8-11/h2-9H,1H3,(H,16,17). The molecular formula is C14H12ClNO4. The van der Waals surface area contributed by atoms with Crippen LogP contribution in [0.25, 0.3) is 0 Å². The Labute approximate surface area is 120 Å². The van der Waals surface area contributed by atoms with Gasteiger partial charge in [-0.05, 0) is 37.3 Å². The van der Waals surface area contributed by atoms with Crippen molar-refractivity contribution in [1.82, 2.24) is 0 Å². The van der Waals surface area contributed by atoms with E-state index in [0.717, 1.165) is 0 Å². The highest BCUT2D eigenvalue weighted by atomic mass is 35.5. The lowest BCUT2D eigenvalue weighted by molar-refractivity contribution is -0.123. The molecule has 1 N–H and O–H groups in total. The summed E-state index contributed by atoms with van der Waals surface area (Å²) in [5, 5.41) is 3.10. The zero-order valence-corrected chi connectivity index (χ0v) is 11.4. The highest BCUT2D eigenvalue weighted by molar-refractivity contribution is 6.30. The van der Waals surface area contributed by atoms with Gasteiger partial charge in [-0.3, -0.25) is 4.79 Å². The van der Waals surface area contributed by atoms with Gasteiger partial charge < -0.3 is 14.5 Å². The lowest BCUT2D eigenvalue weighted by Gasteiger charge is -2.12. The van der Waals surface area contributed by atoms with Gasteiger partial charge >= 0.3 is 5.97 Å². The fourth-order valence-corrected chi connectivity index (χ4v) is 1.67. The molecular weight excluding hydrogens is 282 g/mol. The van der Waals surface area contributed by atoms with Crippen LogP contribution in [0.3, 0.4) is 0 Å². The van der Waals surface area contributed by atoms with Crippen LogP contribution in [0.4, 0.5) is 5.69 Å². The molecule has 0 aliphatic heterocycles. The number of ether oxygens (including phenoxy) is 1. The molecule has 1 amide bonds. The summed E-state index contributed by atoms with van der Waals surface area (Å²) in [5.41, 5.74) is 0.531. The third-order valence-corrected chi connectivity index (χ3v) is 2.70. The van der Waals surface area contributed by atoms with Crippen LogP contribution in [-0.4, -0.2) is 18.0 Å². The number of halogens is 1. The van der Waals surface area contributed by atoms with Crippen molar-refractivity contribution in [3.8, 4) is 0 Å². The first-order chi connectivity index (χ1) is 9.56. The second kappa shape index (κ2) is 6.25. The molecule has 2 aromatic rings. The maximum Gasteiger partial charge on any atom is 0.374 e. The first kappa shape index (κ1) is 14.1. The molecule has 104 valence electrons. The molecule has 1 aromatic carbocycles. The number of esters is 1. The molecule has 0 bridgehead atoms. The van der Waals surface area contributed by atoms with Gasteiger partial charge in [0.25, 0.3) is 5.91 Å². The van der Waals surface area contributed by atoms with Gasteiger partial charge in [-0.1, -0.05) is 17.7 Å². The zero-order chi connectivity index (χ0) is 14.5. The number of carbonyl (C=O) groups excluding carboxylic acids is 2. The quantitative estimate of drug-likeness (QED) is 0.879. The number of benzene rings is 1. The maximum atomic E-state index is 11.9. The summed E-state index contributed by atoms with van der Waals surface area (Å²) in [4.78, 5) is 23.5. The Bertz CT molecular complexity index is 609. The molecule has 5 nitrogen and oxygen atoms in total. The minimum atomic E-state index is -0.952. The molecule has 0 spiro atoms. The van der Waals surface area contributed by atoms with Crippen LogP contribution < -0.4 is 5.32 Å². The smallest absolute Gasteiger partial charge is 0.374 e. The van der Waals surface area contributed by atoms with Gasteiger partial charge in [0.1, 0.15) is 0 Å². The van der Waals surface area contributed by atoms with Crippen LogP contribution in [-0.2, 0) is 9.53 Å². The number of furan rings is 1. The van der Waals surface area contributed by atoms with Gasteiger partial charge in [-0.25, -0.2) is 4.79 Å². The Hall–Kier alpha value is -2.27. The number of nitrogens with one attached hydrogen (secondary N) is 1. The first-order valence-corrected chi connectivity index (χ1v) is 6.25. The van der Waals surface area contributed by atoms with Crippen LogP contribution in [0.5, 0.6) is 0 Å². The molecule has 1 heterocycles. The van der Waals surface area contributed by atoms with E-state index in [-0.39, 0.29) is 5.76 Å². The van der Waals surface area contributed by atoms with Gasteiger partial charge in [0, 0.05) is 10.7 Å². The summed E-state index contributed by atoms with van der Waals surface area (Å²) >= 11 is 5.81. The Morgan fingerprint density at radius 2 is 2.10 bits per heavy atom. The molecule has 1 atom stereocenters. The minimum Gasteiger partial charge on any atom is -0.457 e.